The Morgan fingerprint density at radius 1 is 1.46 bits per heavy atom. The number of aliphatic carboxylic acids is 1. The van der Waals surface area contributed by atoms with Gasteiger partial charge in [-0.1, -0.05) is 22.0 Å². The largest absolute Gasteiger partial charge is 0.481 e. The highest BCUT2D eigenvalue weighted by atomic mass is 79.9. The van der Waals surface area contributed by atoms with Gasteiger partial charge >= 0.3 is 5.97 Å². The number of aliphatic hydroxyl groups is 1. The molecule has 0 saturated carbocycles. The fraction of sp³-hybridized carbons (Fsp3) is 0.737. The molecule has 0 radical (unpaired) electrons. The van der Waals surface area contributed by atoms with Gasteiger partial charge in [-0.2, -0.15) is 0 Å². The summed E-state index contributed by atoms with van der Waals surface area (Å²) in [4.78, 5) is 41.5. The summed E-state index contributed by atoms with van der Waals surface area (Å²) in [7, 11) is 0. The van der Waals surface area contributed by atoms with Crippen LogP contribution in [0.4, 0.5) is 0 Å². The maximum atomic E-state index is 13.7. The van der Waals surface area contributed by atoms with E-state index in [0.29, 0.717) is 6.42 Å². The average Bonchev–Trinajstić information content (AvgIpc) is 3.16. The summed E-state index contributed by atoms with van der Waals surface area (Å²) < 4.78 is 6.15. The third-order valence-electron chi connectivity index (χ3n) is 6.04. The van der Waals surface area contributed by atoms with Crippen molar-refractivity contribution in [2.75, 3.05) is 19.7 Å². The van der Waals surface area contributed by atoms with Crippen LogP contribution in [0.1, 0.15) is 27.2 Å². The van der Waals surface area contributed by atoms with E-state index in [0.717, 1.165) is 0 Å². The molecule has 6 atom stereocenters. The Labute approximate surface area is 172 Å². The Bertz CT molecular complexity index is 707. The van der Waals surface area contributed by atoms with E-state index in [-0.39, 0.29) is 30.4 Å². The van der Waals surface area contributed by atoms with Gasteiger partial charge in [0.2, 0.25) is 11.8 Å². The van der Waals surface area contributed by atoms with Crippen molar-refractivity contribution in [1.29, 1.82) is 0 Å². The highest BCUT2D eigenvalue weighted by Crippen LogP contribution is 2.60. The van der Waals surface area contributed by atoms with E-state index in [9.17, 15) is 24.6 Å². The summed E-state index contributed by atoms with van der Waals surface area (Å²) in [6, 6.07) is -0.981. The number of β-amino-alcohol motifs (C(OH)–C–C–N with tert-alkyl or cyclic N) is 1. The molecule has 2 amide bonds. The quantitative estimate of drug-likeness (QED) is 0.446. The van der Waals surface area contributed by atoms with Gasteiger partial charge in [0.25, 0.3) is 0 Å². The molecule has 1 unspecified atom stereocenters. The number of nitrogens with zero attached hydrogens (tertiary/aromatic N) is 2. The summed E-state index contributed by atoms with van der Waals surface area (Å²) in [6.07, 6.45) is 1.31. The van der Waals surface area contributed by atoms with Crippen LogP contribution >= 0.6 is 15.9 Å². The Kier molecular flexibility index (Phi) is 5.40. The van der Waals surface area contributed by atoms with Gasteiger partial charge in [-0.05, 0) is 27.2 Å². The molecule has 28 heavy (non-hydrogen) atoms. The predicted octanol–water partition coefficient (Wildman–Crippen LogP) is 0.624. The van der Waals surface area contributed by atoms with E-state index < -0.39 is 47.0 Å². The number of hydrogen-bond donors (Lipinski definition) is 2. The van der Waals surface area contributed by atoms with Crippen LogP contribution in [0.25, 0.3) is 0 Å². The standard InChI is InChI=1S/C19H27BrN2O6/c1-5-6-22(18(2,3)4)16(25)14-19-9-10(20)13(28-19)11(17(26)27)12(19)15(24)21(14)7-8-23/h5,10-14,23H,1,6-9H2,2-4H3,(H,26,27)/t10?,11-,12+,13-,14-,19+/m0/s1. The van der Waals surface area contributed by atoms with E-state index in [1.807, 2.05) is 20.8 Å². The summed E-state index contributed by atoms with van der Waals surface area (Å²) in [5.41, 5.74) is -1.75. The van der Waals surface area contributed by atoms with Gasteiger partial charge < -0.3 is 24.7 Å². The van der Waals surface area contributed by atoms with Crippen LogP contribution in [0.3, 0.4) is 0 Å². The van der Waals surface area contributed by atoms with E-state index in [1.54, 1.807) is 11.0 Å². The maximum absolute atomic E-state index is 13.7. The second-order valence-corrected chi connectivity index (χ2v) is 9.84. The number of fused-ring (bicyclic) bond motifs is 1. The normalized spacial score (nSPS) is 36.5. The summed E-state index contributed by atoms with van der Waals surface area (Å²) in [6.45, 7) is 9.29. The van der Waals surface area contributed by atoms with Crippen LogP contribution in [-0.2, 0) is 19.1 Å². The molecule has 0 aromatic carbocycles. The zero-order valence-electron chi connectivity index (χ0n) is 16.3. The Balaban J connectivity index is 2.10. The van der Waals surface area contributed by atoms with Gasteiger partial charge in [0.1, 0.15) is 11.6 Å². The van der Waals surface area contributed by atoms with Gasteiger partial charge in [-0.15, -0.1) is 6.58 Å². The molecule has 0 aromatic heterocycles. The molecule has 3 saturated heterocycles. The third-order valence-corrected chi connectivity index (χ3v) is 6.88. The molecule has 3 fully saturated rings. The lowest BCUT2D eigenvalue weighted by Crippen LogP contribution is -2.60. The van der Waals surface area contributed by atoms with E-state index in [2.05, 4.69) is 22.5 Å². The van der Waals surface area contributed by atoms with Crippen molar-refractivity contribution in [3.63, 3.8) is 0 Å². The van der Waals surface area contributed by atoms with Crippen LogP contribution in [0.2, 0.25) is 0 Å². The number of ether oxygens (including phenoxy) is 1. The molecular formula is C19H27BrN2O6. The molecule has 3 rings (SSSR count). The van der Waals surface area contributed by atoms with Gasteiger partial charge in [0.15, 0.2) is 0 Å². The number of alkyl halides is 1. The molecule has 8 nitrogen and oxygen atoms in total. The third kappa shape index (κ3) is 2.90. The maximum Gasteiger partial charge on any atom is 0.310 e. The Morgan fingerprint density at radius 3 is 2.61 bits per heavy atom. The summed E-state index contributed by atoms with van der Waals surface area (Å²) in [5.74, 6) is -3.82. The minimum atomic E-state index is -1.21. The van der Waals surface area contributed by atoms with Crippen LogP contribution in [0.15, 0.2) is 12.7 Å². The van der Waals surface area contributed by atoms with E-state index >= 15 is 0 Å². The predicted molar refractivity (Wildman–Crippen MR) is 104 cm³/mol. The minimum Gasteiger partial charge on any atom is -0.481 e. The average molecular weight is 459 g/mol. The lowest BCUT2D eigenvalue weighted by Gasteiger charge is -2.42. The number of hydrogen-bond acceptors (Lipinski definition) is 5. The number of carboxylic acids is 1. The van der Waals surface area contributed by atoms with Gasteiger partial charge in [0, 0.05) is 23.5 Å². The highest BCUT2D eigenvalue weighted by Gasteiger charge is 2.77. The van der Waals surface area contributed by atoms with Crippen molar-refractivity contribution in [2.45, 2.75) is 55.3 Å². The second-order valence-electron chi connectivity index (χ2n) is 8.67. The van der Waals surface area contributed by atoms with Gasteiger partial charge in [-0.25, -0.2) is 0 Å². The number of amides is 2. The fourth-order valence-corrected chi connectivity index (χ4v) is 5.95. The van der Waals surface area contributed by atoms with Crippen LogP contribution in [-0.4, -0.2) is 85.6 Å². The molecular weight excluding hydrogens is 432 g/mol. The molecule has 3 heterocycles. The monoisotopic (exact) mass is 458 g/mol. The smallest absolute Gasteiger partial charge is 0.310 e. The Hall–Kier alpha value is -1.45. The molecule has 2 bridgehead atoms. The van der Waals surface area contributed by atoms with E-state index in [4.69, 9.17) is 4.74 Å². The lowest BCUT2D eigenvalue weighted by atomic mass is 9.70. The first-order valence-electron chi connectivity index (χ1n) is 9.39. The molecule has 2 N–H and O–H groups in total. The molecule has 3 aliphatic heterocycles. The zero-order valence-corrected chi connectivity index (χ0v) is 17.9. The molecule has 0 aliphatic carbocycles. The molecule has 3 aliphatic rings. The Morgan fingerprint density at radius 2 is 2.11 bits per heavy atom. The first-order chi connectivity index (χ1) is 13.0. The van der Waals surface area contributed by atoms with Crippen molar-refractivity contribution < 1.29 is 29.3 Å². The van der Waals surface area contributed by atoms with Crippen molar-refractivity contribution in [3.05, 3.63) is 12.7 Å². The van der Waals surface area contributed by atoms with Gasteiger partial charge in [-0.3, -0.25) is 14.4 Å². The molecule has 156 valence electrons. The van der Waals surface area contributed by atoms with Crippen LogP contribution in [0, 0.1) is 11.8 Å². The minimum absolute atomic E-state index is 0.0487. The SMILES string of the molecule is C=CCN(C(=O)[C@@H]1N(CCO)C(=O)[C@H]2[C@H](C(=O)O)[C@H]3O[C@@]12CC3Br)C(C)(C)C. The van der Waals surface area contributed by atoms with Crippen molar-refractivity contribution in [1.82, 2.24) is 9.80 Å². The number of carbonyl (C=O) groups is 3. The number of carbonyl (C=O) groups excluding carboxylic acids is 2. The molecule has 0 aromatic rings. The molecule has 1 spiro atoms. The zero-order chi connectivity index (χ0) is 21.0. The first-order valence-corrected chi connectivity index (χ1v) is 10.3. The van der Waals surface area contributed by atoms with Crippen molar-refractivity contribution in [2.24, 2.45) is 11.8 Å². The van der Waals surface area contributed by atoms with E-state index in [1.165, 1.54) is 4.90 Å². The summed E-state index contributed by atoms with van der Waals surface area (Å²) in [5, 5.41) is 19.3. The van der Waals surface area contributed by atoms with Crippen molar-refractivity contribution in [3.8, 4) is 0 Å². The fourth-order valence-electron chi connectivity index (χ4n) is 5.01. The number of carboxylic acid groups (broad SMARTS) is 1. The number of likely N-dealkylation sites (tertiary alicyclic amines) is 1. The van der Waals surface area contributed by atoms with Crippen LogP contribution < -0.4 is 0 Å². The van der Waals surface area contributed by atoms with Crippen LogP contribution in [0.5, 0.6) is 0 Å². The first kappa shape index (κ1) is 21.3. The summed E-state index contributed by atoms with van der Waals surface area (Å²) >= 11 is 3.49. The highest BCUT2D eigenvalue weighted by molar-refractivity contribution is 9.09. The topological polar surface area (TPSA) is 107 Å². The second kappa shape index (κ2) is 7.11. The number of rotatable bonds is 6. The number of halogens is 1. The lowest BCUT2D eigenvalue weighted by molar-refractivity contribution is -0.152. The van der Waals surface area contributed by atoms with Gasteiger partial charge in [0.05, 0.1) is 24.5 Å². The number of aliphatic hydroxyl groups excluding tert-OH is 1. The molecule has 9 heteroatoms. The van der Waals surface area contributed by atoms with Crippen molar-refractivity contribution >= 4 is 33.7 Å².